The first kappa shape index (κ1) is 21.2. The summed E-state index contributed by atoms with van der Waals surface area (Å²) in [6.45, 7) is 0.369. The van der Waals surface area contributed by atoms with E-state index in [1.165, 1.54) is 50.9 Å². The fourth-order valence-electron chi connectivity index (χ4n) is 3.84. The molecule has 0 atom stereocenters. The van der Waals surface area contributed by atoms with Crippen molar-refractivity contribution in [3.63, 3.8) is 0 Å². The molecule has 11 heteroatoms. The monoisotopic (exact) mass is 459 g/mol. The summed E-state index contributed by atoms with van der Waals surface area (Å²) in [5.41, 5.74) is -0.237. The molecule has 1 fully saturated rings. The van der Waals surface area contributed by atoms with Gasteiger partial charge in [0.15, 0.2) is 5.65 Å². The van der Waals surface area contributed by atoms with E-state index in [1.807, 2.05) is 6.07 Å². The predicted molar refractivity (Wildman–Crippen MR) is 114 cm³/mol. The topological polar surface area (TPSA) is 118 Å². The number of hydrogen-bond donors (Lipinski definition) is 0. The minimum absolute atomic E-state index is 0.109. The number of halogens is 1. The van der Waals surface area contributed by atoms with Gasteiger partial charge in [-0.3, -0.25) is 14.2 Å². The molecule has 0 radical (unpaired) electrons. The van der Waals surface area contributed by atoms with Crippen molar-refractivity contribution in [1.29, 1.82) is 5.26 Å². The zero-order valence-corrected chi connectivity index (χ0v) is 18.1. The van der Waals surface area contributed by atoms with Crippen LogP contribution in [0.15, 0.2) is 51.0 Å². The standard InChI is InChI=1S/C20H18ClN5O4S/c1-24-17-10-14(21)12-23-18(17)26(20(28)19(24)27)15-6-8-25(9-7-15)31(29,30)16-4-2-13(11-22)3-5-16/h2-5,10,12,15H,6-9H2,1H3. The Balaban J connectivity index is 1.65. The van der Waals surface area contributed by atoms with Crippen molar-refractivity contribution in [1.82, 2.24) is 18.4 Å². The van der Waals surface area contributed by atoms with E-state index in [-0.39, 0.29) is 24.0 Å². The highest BCUT2D eigenvalue weighted by atomic mass is 35.5. The Morgan fingerprint density at radius 1 is 1.13 bits per heavy atom. The first-order chi connectivity index (χ1) is 14.7. The van der Waals surface area contributed by atoms with Crippen LogP contribution in [0.1, 0.15) is 24.4 Å². The van der Waals surface area contributed by atoms with Gasteiger partial charge in [-0.05, 0) is 43.2 Å². The van der Waals surface area contributed by atoms with E-state index in [9.17, 15) is 18.0 Å². The molecule has 0 saturated carbocycles. The van der Waals surface area contributed by atoms with E-state index in [4.69, 9.17) is 16.9 Å². The number of aryl methyl sites for hydroxylation is 1. The number of aromatic nitrogens is 3. The molecule has 0 amide bonds. The van der Waals surface area contributed by atoms with E-state index in [0.717, 1.165) is 0 Å². The molecule has 31 heavy (non-hydrogen) atoms. The number of hydrogen-bond acceptors (Lipinski definition) is 6. The van der Waals surface area contributed by atoms with Crippen LogP contribution < -0.4 is 11.1 Å². The normalized spacial score (nSPS) is 15.8. The molecule has 4 rings (SSSR count). The molecule has 3 aromatic rings. The highest BCUT2D eigenvalue weighted by molar-refractivity contribution is 7.89. The molecule has 2 aromatic heterocycles. The lowest BCUT2D eigenvalue weighted by Crippen LogP contribution is -2.46. The summed E-state index contributed by atoms with van der Waals surface area (Å²) < 4.78 is 29.8. The highest BCUT2D eigenvalue weighted by Crippen LogP contribution is 2.28. The van der Waals surface area contributed by atoms with Gasteiger partial charge in [-0.15, -0.1) is 0 Å². The van der Waals surface area contributed by atoms with Crippen LogP contribution >= 0.6 is 11.6 Å². The molecule has 0 N–H and O–H groups in total. The first-order valence-corrected chi connectivity index (χ1v) is 11.3. The van der Waals surface area contributed by atoms with E-state index < -0.39 is 21.1 Å². The molecular formula is C20H18ClN5O4S. The maximum atomic E-state index is 12.9. The Kier molecular flexibility index (Phi) is 5.43. The van der Waals surface area contributed by atoms with Crippen LogP contribution in [-0.4, -0.2) is 39.9 Å². The summed E-state index contributed by atoms with van der Waals surface area (Å²) in [5, 5.41) is 9.24. The summed E-state index contributed by atoms with van der Waals surface area (Å²) in [7, 11) is -2.24. The molecule has 9 nitrogen and oxygen atoms in total. The Labute approximate surface area is 182 Å². The molecule has 3 heterocycles. The largest absolute Gasteiger partial charge is 0.318 e. The van der Waals surface area contributed by atoms with Crippen LogP contribution in [0.3, 0.4) is 0 Å². The van der Waals surface area contributed by atoms with Crippen LogP contribution in [0.25, 0.3) is 11.2 Å². The third-order valence-corrected chi connectivity index (χ3v) is 7.64. The average molecular weight is 460 g/mol. The molecule has 1 aliphatic rings. The number of nitrogens with zero attached hydrogens (tertiary/aromatic N) is 5. The van der Waals surface area contributed by atoms with Gasteiger partial charge in [0.1, 0.15) is 0 Å². The molecular weight excluding hydrogens is 442 g/mol. The number of piperidine rings is 1. The second-order valence-corrected chi connectivity index (χ2v) is 9.68. The molecule has 0 unspecified atom stereocenters. The van der Waals surface area contributed by atoms with Crippen molar-refractivity contribution in [2.45, 2.75) is 23.8 Å². The van der Waals surface area contributed by atoms with Crippen molar-refractivity contribution in [2.24, 2.45) is 7.05 Å². The Morgan fingerprint density at radius 2 is 1.77 bits per heavy atom. The number of pyridine rings is 1. The number of nitriles is 1. The Bertz CT molecular complexity index is 1430. The van der Waals surface area contributed by atoms with Crippen LogP contribution in [-0.2, 0) is 17.1 Å². The number of fused-ring (bicyclic) bond motifs is 1. The molecule has 0 bridgehead atoms. The lowest BCUT2D eigenvalue weighted by Gasteiger charge is -2.32. The van der Waals surface area contributed by atoms with Crippen molar-refractivity contribution in [2.75, 3.05) is 13.1 Å². The van der Waals surface area contributed by atoms with Gasteiger partial charge in [-0.1, -0.05) is 11.6 Å². The third kappa shape index (κ3) is 3.65. The van der Waals surface area contributed by atoms with Gasteiger partial charge in [0, 0.05) is 32.4 Å². The lowest BCUT2D eigenvalue weighted by atomic mass is 10.1. The lowest BCUT2D eigenvalue weighted by molar-refractivity contribution is 0.273. The van der Waals surface area contributed by atoms with E-state index >= 15 is 0 Å². The van der Waals surface area contributed by atoms with E-state index in [2.05, 4.69) is 4.98 Å². The highest BCUT2D eigenvalue weighted by Gasteiger charge is 2.31. The fourth-order valence-corrected chi connectivity index (χ4v) is 5.46. The van der Waals surface area contributed by atoms with Crippen LogP contribution in [0.2, 0.25) is 5.02 Å². The van der Waals surface area contributed by atoms with Crippen LogP contribution in [0.4, 0.5) is 0 Å². The smallest absolute Gasteiger partial charge is 0.304 e. The average Bonchev–Trinajstić information content (AvgIpc) is 2.78. The van der Waals surface area contributed by atoms with Crippen LogP contribution in [0.5, 0.6) is 0 Å². The zero-order valence-electron chi connectivity index (χ0n) is 16.5. The minimum Gasteiger partial charge on any atom is -0.304 e. The fraction of sp³-hybridized carbons (Fsp3) is 0.300. The minimum atomic E-state index is -3.73. The molecule has 0 spiro atoms. The predicted octanol–water partition coefficient (Wildman–Crippen LogP) is 1.65. The summed E-state index contributed by atoms with van der Waals surface area (Å²) >= 11 is 6.01. The maximum absolute atomic E-state index is 12.9. The summed E-state index contributed by atoms with van der Waals surface area (Å²) in [4.78, 5) is 29.6. The Hall–Kier alpha value is -3.00. The first-order valence-electron chi connectivity index (χ1n) is 9.51. The molecule has 160 valence electrons. The van der Waals surface area contributed by atoms with E-state index in [1.54, 1.807) is 6.07 Å². The third-order valence-electron chi connectivity index (χ3n) is 5.52. The van der Waals surface area contributed by atoms with Crippen molar-refractivity contribution >= 4 is 32.8 Å². The van der Waals surface area contributed by atoms with Crippen LogP contribution in [0, 0.1) is 11.3 Å². The SMILES string of the molecule is Cn1c(=O)c(=O)n(C2CCN(S(=O)(=O)c3ccc(C#N)cc3)CC2)c2ncc(Cl)cc21. The molecule has 1 saturated heterocycles. The molecule has 1 aromatic carbocycles. The zero-order chi connectivity index (χ0) is 22.3. The van der Waals surface area contributed by atoms with Crippen molar-refractivity contribution in [3.8, 4) is 6.07 Å². The second-order valence-electron chi connectivity index (χ2n) is 7.31. The maximum Gasteiger partial charge on any atom is 0.318 e. The number of rotatable bonds is 3. The van der Waals surface area contributed by atoms with Crippen molar-refractivity contribution in [3.05, 3.63) is 67.8 Å². The van der Waals surface area contributed by atoms with Crippen molar-refractivity contribution < 1.29 is 8.42 Å². The van der Waals surface area contributed by atoms with Gasteiger partial charge >= 0.3 is 11.1 Å². The summed E-state index contributed by atoms with van der Waals surface area (Å²) in [6.07, 6.45) is 2.11. The van der Waals surface area contributed by atoms with Gasteiger partial charge in [0.25, 0.3) is 0 Å². The molecule has 0 aliphatic carbocycles. The summed E-state index contributed by atoms with van der Waals surface area (Å²) in [5.74, 6) is 0. The Morgan fingerprint density at radius 3 is 2.39 bits per heavy atom. The van der Waals surface area contributed by atoms with Gasteiger partial charge in [0.05, 0.1) is 27.1 Å². The van der Waals surface area contributed by atoms with Gasteiger partial charge in [0.2, 0.25) is 10.0 Å². The number of benzene rings is 1. The van der Waals surface area contributed by atoms with Gasteiger partial charge in [-0.25, -0.2) is 13.4 Å². The second kappa shape index (κ2) is 7.92. The van der Waals surface area contributed by atoms with Gasteiger partial charge in [-0.2, -0.15) is 9.57 Å². The van der Waals surface area contributed by atoms with Gasteiger partial charge < -0.3 is 4.57 Å². The number of sulfonamides is 1. The van der Waals surface area contributed by atoms with E-state index in [0.29, 0.717) is 34.6 Å². The summed E-state index contributed by atoms with van der Waals surface area (Å²) in [6, 6.07) is 8.90. The quantitative estimate of drug-likeness (QED) is 0.549. The molecule has 1 aliphatic heterocycles.